The predicted molar refractivity (Wildman–Crippen MR) is 62.5 cm³/mol. The quantitative estimate of drug-likeness (QED) is 0.673. The third-order valence-corrected chi connectivity index (χ3v) is 2.01. The second-order valence-corrected chi connectivity index (χ2v) is 2.92. The third kappa shape index (κ3) is 2.15. The first kappa shape index (κ1) is 10.8. The lowest BCUT2D eigenvalue weighted by molar-refractivity contribution is 1.41. The Morgan fingerprint density at radius 1 is 1.21 bits per heavy atom. The number of hydrogen-bond donors (Lipinski definition) is 1. The summed E-state index contributed by atoms with van der Waals surface area (Å²) in [7, 11) is 0. The van der Waals surface area contributed by atoms with Crippen LogP contribution in [0.4, 0.5) is 5.69 Å². The maximum atomic E-state index is 5.75. The zero-order chi connectivity index (χ0) is 10.6. The second kappa shape index (κ2) is 4.82. The number of fused-ring (bicyclic) bond motifs is 1. The fourth-order valence-electron chi connectivity index (χ4n) is 1.11. The molecule has 14 heavy (non-hydrogen) atoms. The van der Waals surface area contributed by atoms with Gasteiger partial charge in [0.1, 0.15) is 0 Å². The van der Waals surface area contributed by atoms with Crippen molar-refractivity contribution in [2.45, 2.75) is 13.8 Å². The number of nitrogens with two attached hydrogens (primary N) is 1. The Morgan fingerprint density at radius 3 is 2.57 bits per heavy atom. The second-order valence-electron chi connectivity index (χ2n) is 2.56. The van der Waals surface area contributed by atoms with E-state index < -0.39 is 0 Å². The number of nitrogens with zero attached hydrogens (tertiary/aromatic N) is 1. The molecule has 2 nitrogen and oxygen atoms in total. The van der Waals surface area contributed by atoms with Gasteiger partial charge < -0.3 is 5.73 Å². The molecule has 2 rings (SSSR count). The molecule has 0 saturated carbocycles. The van der Waals surface area contributed by atoms with Crippen LogP contribution in [0.1, 0.15) is 13.8 Å². The highest BCUT2D eigenvalue weighted by atomic mass is 35.5. The maximum Gasteiger partial charge on any atom is 0.152 e. The highest BCUT2D eigenvalue weighted by Gasteiger charge is 1.99. The molecule has 0 atom stereocenters. The first-order chi connectivity index (χ1) is 6.77. The number of hydrogen-bond acceptors (Lipinski definition) is 2. The molecule has 0 unspecified atom stereocenters. The van der Waals surface area contributed by atoms with Crippen LogP contribution >= 0.6 is 11.6 Å². The number of nitrogen functional groups attached to an aromatic ring is 1. The topological polar surface area (TPSA) is 38.9 Å². The lowest BCUT2D eigenvalue weighted by Crippen LogP contribution is -1.89. The van der Waals surface area contributed by atoms with Gasteiger partial charge in [0, 0.05) is 5.39 Å². The van der Waals surface area contributed by atoms with Gasteiger partial charge in [-0.1, -0.05) is 43.6 Å². The largest absolute Gasteiger partial charge is 0.396 e. The zero-order valence-electron chi connectivity index (χ0n) is 8.29. The van der Waals surface area contributed by atoms with Crippen molar-refractivity contribution >= 4 is 28.2 Å². The molecule has 0 aliphatic rings. The fourth-order valence-corrected chi connectivity index (χ4v) is 1.25. The number of benzene rings is 1. The average molecular weight is 209 g/mol. The smallest absolute Gasteiger partial charge is 0.152 e. The number of halogens is 1. The Balaban J connectivity index is 0.000000461. The van der Waals surface area contributed by atoms with Crippen molar-refractivity contribution in [3.63, 3.8) is 0 Å². The Labute approximate surface area is 88.7 Å². The summed E-state index contributed by atoms with van der Waals surface area (Å²) < 4.78 is 0. The average Bonchev–Trinajstić information content (AvgIpc) is 2.23. The van der Waals surface area contributed by atoms with Crippen molar-refractivity contribution in [2.75, 3.05) is 5.73 Å². The van der Waals surface area contributed by atoms with Gasteiger partial charge in [-0.05, 0) is 12.1 Å². The van der Waals surface area contributed by atoms with Crippen LogP contribution in [0.15, 0.2) is 30.3 Å². The van der Waals surface area contributed by atoms with Gasteiger partial charge in [0.25, 0.3) is 0 Å². The van der Waals surface area contributed by atoms with E-state index in [2.05, 4.69) is 4.98 Å². The molecule has 1 heterocycles. The molecule has 3 heteroatoms. The van der Waals surface area contributed by atoms with Crippen LogP contribution in [0.3, 0.4) is 0 Å². The minimum atomic E-state index is 0.369. The van der Waals surface area contributed by atoms with Gasteiger partial charge in [-0.3, -0.25) is 0 Å². The van der Waals surface area contributed by atoms with E-state index in [1.54, 1.807) is 0 Å². The van der Waals surface area contributed by atoms with Gasteiger partial charge in [0.15, 0.2) is 5.15 Å². The molecule has 0 spiro atoms. The molecule has 1 aromatic carbocycles. The normalized spacial score (nSPS) is 9.36. The third-order valence-electron chi connectivity index (χ3n) is 1.70. The van der Waals surface area contributed by atoms with Crippen molar-refractivity contribution in [1.82, 2.24) is 4.98 Å². The van der Waals surface area contributed by atoms with Crippen LogP contribution < -0.4 is 5.73 Å². The number of para-hydroxylation sites is 1. The molecule has 0 aliphatic heterocycles. The zero-order valence-corrected chi connectivity index (χ0v) is 9.05. The summed E-state index contributed by atoms with van der Waals surface area (Å²) in [6.07, 6.45) is 0. The standard InChI is InChI=1S/C9H7ClN2.C2H6/c10-9-7(11)5-6-3-1-2-4-8(6)12-9;1-2/h1-5H,11H2;1-2H3. The summed E-state index contributed by atoms with van der Waals surface area (Å²) in [6.45, 7) is 4.00. The summed E-state index contributed by atoms with van der Waals surface area (Å²) in [6, 6.07) is 9.54. The van der Waals surface area contributed by atoms with Crippen LogP contribution in [-0.4, -0.2) is 4.98 Å². The molecule has 2 N–H and O–H groups in total. The number of pyridine rings is 1. The van der Waals surface area contributed by atoms with Crippen molar-refractivity contribution in [2.24, 2.45) is 0 Å². The first-order valence-corrected chi connectivity index (χ1v) is 4.96. The molecule has 0 radical (unpaired) electrons. The van der Waals surface area contributed by atoms with E-state index in [4.69, 9.17) is 17.3 Å². The van der Waals surface area contributed by atoms with Crippen molar-refractivity contribution in [3.05, 3.63) is 35.5 Å². The molecular weight excluding hydrogens is 196 g/mol. The van der Waals surface area contributed by atoms with E-state index in [0.717, 1.165) is 10.9 Å². The predicted octanol–water partition coefficient (Wildman–Crippen LogP) is 3.50. The van der Waals surface area contributed by atoms with Gasteiger partial charge >= 0.3 is 0 Å². The monoisotopic (exact) mass is 208 g/mol. The molecule has 0 aliphatic carbocycles. The minimum Gasteiger partial charge on any atom is -0.396 e. The summed E-state index contributed by atoms with van der Waals surface area (Å²) in [4.78, 5) is 4.12. The van der Waals surface area contributed by atoms with Crippen molar-refractivity contribution in [3.8, 4) is 0 Å². The van der Waals surface area contributed by atoms with Gasteiger partial charge in [-0.15, -0.1) is 0 Å². The van der Waals surface area contributed by atoms with Gasteiger partial charge in [-0.25, -0.2) is 4.98 Å². The SMILES string of the molecule is CC.Nc1cc2ccccc2nc1Cl. The van der Waals surface area contributed by atoms with Crippen LogP contribution in [0.5, 0.6) is 0 Å². The lowest BCUT2D eigenvalue weighted by Gasteiger charge is -1.99. The Kier molecular flexibility index (Phi) is 3.72. The first-order valence-electron chi connectivity index (χ1n) is 4.58. The number of rotatable bonds is 0. The van der Waals surface area contributed by atoms with Crippen LogP contribution in [0, 0.1) is 0 Å². The summed E-state index contributed by atoms with van der Waals surface area (Å²) in [5, 5.41) is 1.38. The van der Waals surface area contributed by atoms with E-state index in [1.807, 2.05) is 44.2 Å². The van der Waals surface area contributed by atoms with E-state index in [9.17, 15) is 0 Å². The highest BCUT2D eigenvalue weighted by Crippen LogP contribution is 2.21. The molecule has 74 valence electrons. The van der Waals surface area contributed by atoms with Crippen LogP contribution in [-0.2, 0) is 0 Å². The Bertz CT molecular complexity index is 386. The highest BCUT2D eigenvalue weighted by molar-refractivity contribution is 6.32. The summed E-state index contributed by atoms with van der Waals surface area (Å²) in [5.41, 5.74) is 6.99. The lowest BCUT2D eigenvalue weighted by atomic mass is 10.2. The summed E-state index contributed by atoms with van der Waals surface area (Å²) >= 11 is 5.75. The minimum absolute atomic E-state index is 0.369. The molecule has 0 saturated heterocycles. The molecule has 2 aromatic rings. The fraction of sp³-hybridized carbons (Fsp3) is 0.182. The summed E-state index contributed by atoms with van der Waals surface area (Å²) in [5.74, 6) is 0. The molecule has 0 fully saturated rings. The maximum absolute atomic E-state index is 5.75. The molecule has 0 amide bonds. The van der Waals surface area contributed by atoms with Crippen molar-refractivity contribution in [1.29, 1.82) is 0 Å². The van der Waals surface area contributed by atoms with Crippen LogP contribution in [0.25, 0.3) is 10.9 Å². The van der Waals surface area contributed by atoms with Crippen LogP contribution in [0.2, 0.25) is 5.15 Å². The van der Waals surface area contributed by atoms with Gasteiger partial charge in [0.05, 0.1) is 11.2 Å². The Morgan fingerprint density at radius 2 is 1.86 bits per heavy atom. The van der Waals surface area contributed by atoms with Crippen molar-refractivity contribution < 1.29 is 0 Å². The van der Waals surface area contributed by atoms with E-state index in [1.165, 1.54) is 0 Å². The number of aromatic nitrogens is 1. The molecule has 0 bridgehead atoms. The van der Waals surface area contributed by atoms with Gasteiger partial charge in [0.2, 0.25) is 0 Å². The number of anilines is 1. The van der Waals surface area contributed by atoms with E-state index in [-0.39, 0.29) is 0 Å². The molecule has 1 aromatic heterocycles. The van der Waals surface area contributed by atoms with Gasteiger partial charge in [-0.2, -0.15) is 0 Å². The van der Waals surface area contributed by atoms with E-state index in [0.29, 0.717) is 10.8 Å². The molecular formula is C11H13ClN2. The Hall–Kier alpha value is -1.28. The van der Waals surface area contributed by atoms with E-state index >= 15 is 0 Å².